The van der Waals surface area contributed by atoms with E-state index in [1.54, 1.807) is 49.9 Å². The summed E-state index contributed by atoms with van der Waals surface area (Å²) in [5.74, 6) is -1.10. The van der Waals surface area contributed by atoms with E-state index in [2.05, 4.69) is 0 Å². The number of halogens is 1. The summed E-state index contributed by atoms with van der Waals surface area (Å²) in [6.07, 6.45) is 0.468. The van der Waals surface area contributed by atoms with Gasteiger partial charge in [-0.15, -0.1) is 0 Å². The molecule has 0 saturated carbocycles. The van der Waals surface area contributed by atoms with Gasteiger partial charge in [-0.3, -0.25) is 9.59 Å². The van der Waals surface area contributed by atoms with Gasteiger partial charge >= 0.3 is 5.97 Å². The summed E-state index contributed by atoms with van der Waals surface area (Å²) in [7, 11) is 0. The zero-order valence-corrected chi connectivity index (χ0v) is 13.6. The van der Waals surface area contributed by atoms with Crippen molar-refractivity contribution >= 4 is 23.5 Å². The molecule has 0 spiro atoms. The Labute approximate surface area is 134 Å². The van der Waals surface area contributed by atoms with Crippen molar-refractivity contribution in [1.29, 1.82) is 0 Å². The highest BCUT2D eigenvalue weighted by atomic mass is 35.5. The van der Waals surface area contributed by atoms with E-state index in [4.69, 9.17) is 21.4 Å². The molecular formula is C16H20ClNO4. The molecule has 1 N–H and O–H groups in total. The lowest BCUT2D eigenvalue weighted by atomic mass is 10.0. The van der Waals surface area contributed by atoms with Gasteiger partial charge in [-0.2, -0.15) is 0 Å². The van der Waals surface area contributed by atoms with Crippen molar-refractivity contribution in [2.45, 2.75) is 38.8 Å². The van der Waals surface area contributed by atoms with E-state index in [9.17, 15) is 9.59 Å². The van der Waals surface area contributed by atoms with Crippen LogP contribution in [-0.4, -0.2) is 40.1 Å². The molecule has 1 aromatic rings. The van der Waals surface area contributed by atoms with E-state index >= 15 is 0 Å². The minimum atomic E-state index is -1.09. The lowest BCUT2D eigenvalue weighted by molar-refractivity contribution is -0.148. The number of carbonyl (C=O) groups is 2. The summed E-state index contributed by atoms with van der Waals surface area (Å²) < 4.78 is 5.78. The Bertz CT molecular complexity index is 587. The lowest BCUT2D eigenvalue weighted by Gasteiger charge is -2.33. The number of aliphatic carboxylic acids is 1. The lowest BCUT2D eigenvalue weighted by Crippen LogP contribution is -2.51. The molecule has 1 aromatic carbocycles. The Hall–Kier alpha value is -1.75. The Morgan fingerprint density at radius 1 is 1.41 bits per heavy atom. The molecule has 2 unspecified atom stereocenters. The summed E-state index contributed by atoms with van der Waals surface area (Å²) >= 11 is 5.92. The van der Waals surface area contributed by atoms with E-state index in [-0.39, 0.29) is 11.9 Å². The molecule has 0 radical (unpaired) electrons. The number of likely N-dealkylation sites (tertiary alicyclic amines) is 1. The standard InChI is InChI=1S/C16H20ClNO4/c1-10-13(14(19)20)7-8-18(10)15(21)16(2,3)22-12-6-4-5-11(17)9-12/h4-6,9-10,13H,7-8H2,1-3H3,(H,19,20). The van der Waals surface area contributed by atoms with Crippen LogP contribution in [0.25, 0.3) is 0 Å². The Kier molecular flexibility index (Phi) is 4.66. The Balaban J connectivity index is 2.12. The van der Waals surface area contributed by atoms with E-state index < -0.39 is 17.5 Å². The van der Waals surface area contributed by atoms with Crippen molar-refractivity contribution in [3.05, 3.63) is 29.3 Å². The molecule has 5 nitrogen and oxygen atoms in total. The molecular weight excluding hydrogens is 306 g/mol. The smallest absolute Gasteiger partial charge is 0.308 e. The maximum absolute atomic E-state index is 12.7. The van der Waals surface area contributed by atoms with Crippen molar-refractivity contribution in [2.24, 2.45) is 5.92 Å². The highest BCUT2D eigenvalue weighted by Gasteiger charge is 2.43. The van der Waals surface area contributed by atoms with Crippen LogP contribution in [0.5, 0.6) is 5.75 Å². The second kappa shape index (κ2) is 6.16. The van der Waals surface area contributed by atoms with E-state index in [1.165, 1.54) is 0 Å². The van der Waals surface area contributed by atoms with Crippen molar-refractivity contribution in [3.63, 3.8) is 0 Å². The van der Waals surface area contributed by atoms with Gasteiger partial charge in [0.15, 0.2) is 5.60 Å². The normalized spacial score (nSPS) is 21.7. The van der Waals surface area contributed by atoms with Crippen molar-refractivity contribution < 1.29 is 19.4 Å². The van der Waals surface area contributed by atoms with Gasteiger partial charge in [0, 0.05) is 17.6 Å². The van der Waals surface area contributed by atoms with Crippen LogP contribution in [0, 0.1) is 5.92 Å². The third kappa shape index (κ3) is 3.35. The van der Waals surface area contributed by atoms with Gasteiger partial charge in [-0.05, 0) is 45.4 Å². The number of carboxylic acid groups (broad SMARTS) is 1. The molecule has 1 aliphatic heterocycles. The third-order valence-electron chi connectivity index (χ3n) is 4.02. The molecule has 1 aliphatic rings. The van der Waals surface area contributed by atoms with Gasteiger partial charge in [-0.25, -0.2) is 0 Å². The molecule has 22 heavy (non-hydrogen) atoms. The molecule has 0 aromatic heterocycles. The Morgan fingerprint density at radius 3 is 2.64 bits per heavy atom. The first-order valence-electron chi connectivity index (χ1n) is 7.21. The topological polar surface area (TPSA) is 66.8 Å². The number of hydrogen-bond acceptors (Lipinski definition) is 3. The molecule has 120 valence electrons. The molecule has 0 bridgehead atoms. The zero-order valence-electron chi connectivity index (χ0n) is 12.9. The quantitative estimate of drug-likeness (QED) is 0.924. The highest BCUT2D eigenvalue weighted by Crippen LogP contribution is 2.29. The second-order valence-electron chi connectivity index (χ2n) is 6.04. The van der Waals surface area contributed by atoms with Gasteiger partial charge in [0.05, 0.1) is 5.92 Å². The molecule has 1 heterocycles. The average Bonchev–Trinajstić information content (AvgIpc) is 2.79. The summed E-state index contributed by atoms with van der Waals surface area (Å²) in [4.78, 5) is 25.5. The van der Waals surface area contributed by atoms with E-state index in [0.29, 0.717) is 23.7 Å². The second-order valence-corrected chi connectivity index (χ2v) is 6.48. The SMILES string of the molecule is CC1C(C(=O)O)CCN1C(=O)C(C)(C)Oc1cccc(Cl)c1. The van der Waals surface area contributed by atoms with Crippen LogP contribution in [0.4, 0.5) is 0 Å². The molecule has 6 heteroatoms. The van der Waals surface area contributed by atoms with Crippen molar-refractivity contribution in [3.8, 4) is 5.75 Å². The van der Waals surface area contributed by atoms with Gasteiger partial charge in [-0.1, -0.05) is 17.7 Å². The summed E-state index contributed by atoms with van der Waals surface area (Å²) in [5, 5.41) is 9.70. The summed E-state index contributed by atoms with van der Waals surface area (Å²) in [6, 6.07) is 6.51. The number of benzene rings is 1. The minimum absolute atomic E-state index is 0.219. The number of hydrogen-bond donors (Lipinski definition) is 1. The summed E-state index contributed by atoms with van der Waals surface area (Å²) in [6.45, 7) is 5.55. The maximum Gasteiger partial charge on any atom is 0.308 e. The highest BCUT2D eigenvalue weighted by molar-refractivity contribution is 6.30. The van der Waals surface area contributed by atoms with E-state index in [0.717, 1.165) is 0 Å². The fraction of sp³-hybridized carbons (Fsp3) is 0.500. The largest absolute Gasteiger partial charge is 0.481 e. The number of amides is 1. The fourth-order valence-electron chi connectivity index (χ4n) is 2.77. The molecule has 1 fully saturated rings. The van der Waals surface area contributed by atoms with Crippen molar-refractivity contribution in [1.82, 2.24) is 4.90 Å². The third-order valence-corrected chi connectivity index (χ3v) is 4.25. The first kappa shape index (κ1) is 16.6. The molecule has 2 rings (SSSR count). The van der Waals surface area contributed by atoms with Crippen LogP contribution >= 0.6 is 11.6 Å². The Morgan fingerprint density at radius 2 is 2.09 bits per heavy atom. The number of rotatable bonds is 4. The fourth-order valence-corrected chi connectivity index (χ4v) is 2.95. The first-order chi connectivity index (χ1) is 10.2. The monoisotopic (exact) mass is 325 g/mol. The molecule has 2 atom stereocenters. The minimum Gasteiger partial charge on any atom is -0.481 e. The average molecular weight is 326 g/mol. The number of carboxylic acids is 1. The maximum atomic E-state index is 12.7. The van der Waals surface area contributed by atoms with E-state index in [1.807, 2.05) is 0 Å². The van der Waals surface area contributed by atoms with Crippen LogP contribution in [0.15, 0.2) is 24.3 Å². The molecule has 1 amide bonds. The number of carbonyl (C=O) groups excluding carboxylic acids is 1. The van der Waals surface area contributed by atoms with Crippen LogP contribution in [-0.2, 0) is 9.59 Å². The number of nitrogens with zero attached hydrogens (tertiary/aromatic N) is 1. The molecule has 0 aliphatic carbocycles. The first-order valence-corrected chi connectivity index (χ1v) is 7.58. The van der Waals surface area contributed by atoms with Gasteiger partial charge < -0.3 is 14.7 Å². The predicted octanol–water partition coefficient (Wildman–Crippen LogP) is 2.82. The summed E-state index contributed by atoms with van der Waals surface area (Å²) in [5.41, 5.74) is -1.09. The predicted molar refractivity (Wildman–Crippen MR) is 83.1 cm³/mol. The van der Waals surface area contributed by atoms with Crippen LogP contribution < -0.4 is 4.74 Å². The van der Waals surface area contributed by atoms with Gasteiger partial charge in [0.2, 0.25) is 0 Å². The van der Waals surface area contributed by atoms with Crippen LogP contribution in [0.2, 0.25) is 5.02 Å². The molecule has 1 saturated heterocycles. The zero-order chi connectivity index (χ0) is 16.5. The van der Waals surface area contributed by atoms with Crippen LogP contribution in [0.1, 0.15) is 27.2 Å². The van der Waals surface area contributed by atoms with Gasteiger partial charge in [0.25, 0.3) is 5.91 Å². The van der Waals surface area contributed by atoms with Crippen molar-refractivity contribution in [2.75, 3.05) is 6.54 Å². The van der Waals surface area contributed by atoms with Crippen LogP contribution in [0.3, 0.4) is 0 Å². The van der Waals surface area contributed by atoms with Gasteiger partial charge in [0.1, 0.15) is 5.75 Å². The number of ether oxygens (including phenoxy) is 1.